The van der Waals surface area contributed by atoms with Crippen molar-refractivity contribution in [2.75, 3.05) is 20.1 Å². The van der Waals surface area contributed by atoms with Crippen LogP contribution in [0.4, 0.5) is 0 Å². The van der Waals surface area contributed by atoms with Crippen LogP contribution in [-0.2, 0) is 14.9 Å². The van der Waals surface area contributed by atoms with Crippen molar-refractivity contribution in [1.82, 2.24) is 4.90 Å². The van der Waals surface area contributed by atoms with Crippen molar-refractivity contribution in [2.24, 2.45) is 0 Å². The lowest BCUT2D eigenvalue weighted by Crippen LogP contribution is -2.29. The molecule has 1 fully saturated rings. The maximum Gasteiger partial charge on any atom is 0.294 e. The minimum Gasteiger partial charge on any atom is -0.305 e. The molecule has 1 aliphatic rings. The van der Waals surface area contributed by atoms with Gasteiger partial charge < -0.3 is 4.90 Å². The summed E-state index contributed by atoms with van der Waals surface area (Å²) in [4.78, 5) is 12.7. The van der Waals surface area contributed by atoms with Gasteiger partial charge in [0.1, 0.15) is 5.78 Å². The Hall–Kier alpha value is -1.24. The Balaban J connectivity index is 0.000000200. The molecular formula is C13H19NO4S. The van der Waals surface area contributed by atoms with E-state index in [9.17, 15) is 13.2 Å². The molecule has 0 spiro atoms. The van der Waals surface area contributed by atoms with Gasteiger partial charge in [0.2, 0.25) is 0 Å². The lowest BCUT2D eigenvalue weighted by Gasteiger charge is -2.19. The fourth-order valence-electron chi connectivity index (χ4n) is 1.58. The summed E-state index contributed by atoms with van der Waals surface area (Å²) in [5.74, 6) is 0.420. The molecule has 0 unspecified atom stereocenters. The summed E-state index contributed by atoms with van der Waals surface area (Å²) >= 11 is 0. The van der Waals surface area contributed by atoms with E-state index in [0.717, 1.165) is 31.5 Å². The topological polar surface area (TPSA) is 74.7 Å². The molecule has 106 valence electrons. The lowest BCUT2D eigenvalue weighted by atomic mass is 10.1. The van der Waals surface area contributed by atoms with Crippen molar-refractivity contribution in [2.45, 2.75) is 24.7 Å². The van der Waals surface area contributed by atoms with Crippen LogP contribution in [0.1, 0.15) is 18.4 Å². The summed E-state index contributed by atoms with van der Waals surface area (Å²) in [7, 11) is -1.97. The van der Waals surface area contributed by atoms with Crippen LogP contribution < -0.4 is 0 Å². The minimum atomic E-state index is -4.02. The van der Waals surface area contributed by atoms with Gasteiger partial charge in [-0.05, 0) is 26.1 Å². The molecule has 1 heterocycles. The van der Waals surface area contributed by atoms with E-state index in [1.54, 1.807) is 12.1 Å². The molecule has 0 bridgehead atoms. The van der Waals surface area contributed by atoms with E-state index in [4.69, 9.17) is 4.55 Å². The number of piperidine rings is 1. The molecule has 0 amide bonds. The van der Waals surface area contributed by atoms with Gasteiger partial charge in [0.05, 0.1) is 4.90 Å². The van der Waals surface area contributed by atoms with Gasteiger partial charge in [-0.15, -0.1) is 0 Å². The third-order valence-electron chi connectivity index (χ3n) is 2.86. The fraction of sp³-hybridized carbons (Fsp3) is 0.462. The van der Waals surface area contributed by atoms with E-state index in [1.807, 2.05) is 14.0 Å². The predicted molar refractivity (Wildman–Crippen MR) is 72.7 cm³/mol. The quantitative estimate of drug-likeness (QED) is 0.792. The van der Waals surface area contributed by atoms with Gasteiger partial charge >= 0.3 is 0 Å². The summed E-state index contributed by atoms with van der Waals surface area (Å²) in [5.41, 5.74) is 0.956. The van der Waals surface area contributed by atoms with Crippen molar-refractivity contribution in [3.8, 4) is 0 Å². The van der Waals surface area contributed by atoms with Gasteiger partial charge in [-0.2, -0.15) is 8.42 Å². The van der Waals surface area contributed by atoms with Crippen LogP contribution in [0.2, 0.25) is 0 Å². The molecule has 19 heavy (non-hydrogen) atoms. The van der Waals surface area contributed by atoms with Crippen LogP contribution >= 0.6 is 0 Å². The summed E-state index contributed by atoms with van der Waals surface area (Å²) in [6, 6.07) is 5.99. The van der Waals surface area contributed by atoms with E-state index in [1.165, 1.54) is 12.1 Å². The molecule has 1 aliphatic heterocycles. The van der Waals surface area contributed by atoms with E-state index in [-0.39, 0.29) is 4.90 Å². The smallest absolute Gasteiger partial charge is 0.294 e. The Bertz CT molecular complexity index is 512. The second-order valence-corrected chi connectivity index (χ2v) is 6.05. The first kappa shape index (κ1) is 15.8. The lowest BCUT2D eigenvalue weighted by molar-refractivity contribution is -0.121. The predicted octanol–water partition coefficient (Wildman–Crippen LogP) is 1.52. The molecule has 0 aliphatic carbocycles. The number of hydrogen-bond donors (Lipinski definition) is 1. The van der Waals surface area contributed by atoms with Gasteiger partial charge in [0.25, 0.3) is 10.1 Å². The maximum absolute atomic E-state index is 10.6. The summed E-state index contributed by atoms with van der Waals surface area (Å²) in [6.45, 7) is 3.76. The van der Waals surface area contributed by atoms with Gasteiger partial charge in [0, 0.05) is 25.9 Å². The van der Waals surface area contributed by atoms with Crippen LogP contribution in [0.15, 0.2) is 29.2 Å². The Morgan fingerprint density at radius 1 is 1.11 bits per heavy atom. The number of rotatable bonds is 1. The first-order valence-corrected chi connectivity index (χ1v) is 7.47. The largest absolute Gasteiger partial charge is 0.305 e. The number of likely N-dealkylation sites (tertiary alicyclic amines) is 1. The minimum absolute atomic E-state index is 0.0666. The van der Waals surface area contributed by atoms with Crippen molar-refractivity contribution >= 4 is 15.9 Å². The van der Waals surface area contributed by atoms with Crippen molar-refractivity contribution in [3.63, 3.8) is 0 Å². The van der Waals surface area contributed by atoms with Crippen molar-refractivity contribution in [1.29, 1.82) is 0 Å². The highest BCUT2D eigenvalue weighted by molar-refractivity contribution is 7.85. The molecule has 6 heteroatoms. The van der Waals surface area contributed by atoms with Crippen LogP contribution in [-0.4, -0.2) is 43.8 Å². The molecule has 1 N–H and O–H groups in total. The number of carbonyl (C=O) groups excluding carboxylic acids is 1. The zero-order valence-corrected chi connectivity index (χ0v) is 12.0. The summed E-state index contributed by atoms with van der Waals surface area (Å²) in [5, 5.41) is 0. The molecule has 0 atom stereocenters. The Labute approximate surface area is 114 Å². The number of Topliss-reactive ketones (excluding diaryl/α,β-unsaturated/α-hetero) is 1. The molecule has 2 rings (SSSR count). The summed E-state index contributed by atoms with van der Waals surface area (Å²) in [6.07, 6.45) is 1.52. The van der Waals surface area contributed by atoms with E-state index in [0.29, 0.717) is 5.78 Å². The number of hydrogen-bond acceptors (Lipinski definition) is 4. The standard InChI is InChI=1S/C7H8O3S.C6H11NO/c1-6-2-4-7(5-3-6)11(8,9)10;1-7-4-2-6(8)3-5-7/h2-5H,1H3,(H,8,9,10);2-5H2,1H3. The number of nitrogens with zero attached hydrogens (tertiary/aromatic N) is 1. The molecule has 0 saturated carbocycles. The van der Waals surface area contributed by atoms with Crippen LogP contribution in [0, 0.1) is 6.92 Å². The second-order valence-electron chi connectivity index (χ2n) is 4.63. The molecular weight excluding hydrogens is 266 g/mol. The van der Waals surface area contributed by atoms with Gasteiger partial charge in [-0.1, -0.05) is 17.7 Å². The van der Waals surface area contributed by atoms with Gasteiger partial charge in [-0.25, -0.2) is 0 Å². The zero-order chi connectivity index (χ0) is 14.5. The van der Waals surface area contributed by atoms with Gasteiger partial charge in [0.15, 0.2) is 0 Å². The van der Waals surface area contributed by atoms with Crippen LogP contribution in [0.25, 0.3) is 0 Å². The summed E-state index contributed by atoms with van der Waals surface area (Å²) < 4.78 is 29.6. The zero-order valence-electron chi connectivity index (χ0n) is 11.2. The Kier molecular flexibility index (Phi) is 5.65. The van der Waals surface area contributed by atoms with Crippen LogP contribution in [0.3, 0.4) is 0 Å². The molecule has 1 saturated heterocycles. The Morgan fingerprint density at radius 3 is 1.95 bits per heavy atom. The molecule has 0 aromatic heterocycles. The monoisotopic (exact) mass is 285 g/mol. The van der Waals surface area contributed by atoms with Crippen molar-refractivity contribution in [3.05, 3.63) is 29.8 Å². The fourth-order valence-corrected chi connectivity index (χ4v) is 2.06. The highest BCUT2D eigenvalue weighted by atomic mass is 32.2. The SMILES string of the molecule is CN1CCC(=O)CC1.Cc1ccc(S(=O)(=O)O)cc1. The first-order valence-electron chi connectivity index (χ1n) is 6.03. The number of ketones is 1. The maximum atomic E-state index is 10.6. The second kappa shape index (κ2) is 6.79. The number of carbonyl (C=O) groups is 1. The first-order chi connectivity index (χ1) is 8.79. The van der Waals surface area contributed by atoms with E-state index >= 15 is 0 Å². The third kappa shape index (κ3) is 5.96. The van der Waals surface area contributed by atoms with Crippen LogP contribution in [0.5, 0.6) is 0 Å². The average molecular weight is 285 g/mol. The highest BCUT2D eigenvalue weighted by Crippen LogP contribution is 2.08. The number of benzene rings is 1. The molecule has 1 aromatic rings. The average Bonchev–Trinajstić information content (AvgIpc) is 2.33. The van der Waals surface area contributed by atoms with E-state index in [2.05, 4.69) is 4.90 Å². The van der Waals surface area contributed by atoms with Gasteiger partial charge in [-0.3, -0.25) is 9.35 Å². The highest BCUT2D eigenvalue weighted by Gasteiger charge is 2.11. The Morgan fingerprint density at radius 2 is 1.58 bits per heavy atom. The normalized spacial score (nSPS) is 16.7. The third-order valence-corrected chi connectivity index (χ3v) is 3.73. The van der Waals surface area contributed by atoms with Crippen molar-refractivity contribution < 1.29 is 17.8 Å². The van der Waals surface area contributed by atoms with E-state index < -0.39 is 10.1 Å². The number of aryl methyl sites for hydroxylation is 1. The molecule has 0 radical (unpaired) electrons. The molecule has 1 aromatic carbocycles. The molecule has 5 nitrogen and oxygen atoms in total.